The largest absolute Gasteiger partial charge is 0.444 e. The molecule has 0 bridgehead atoms. The maximum Gasteiger partial charge on any atom is 0.213 e. The zero-order valence-electron chi connectivity index (χ0n) is 9.90. The van der Waals surface area contributed by atoms with E-state index in [0.29, 0.717) is 24.1 Å². The third-order valence-corrected chi connectivity index (χ3v) is 2.48. The number of hydrogen-bond donors (Lipinski definition) is 2. The highest BCUT2D eigenvalue weighted by molar-refractivity contribution is 5.53. The van der Waals surface area contributed by atoms with E-state index in [1.165, 1.54) is 6.33 Å². The molecule has 0 radical (unpaired) electrons. The molecule has 2 aromatic heterocycles. The number of rotatable bonds is 4. The Morgan fingerprint density at radius 3 is 2.88 bits per heavy atom. The molecule has 0 saturated carbocycles. The Labute approximate surface area is 99.3 Å². The van der Waals surface area contributed by atoms with Crippen LogP contribution in [-0.4, -0.2) is 15.0 Å². The number of nitrogens with zero attached hydrogens (tertiary/aromatic N) is 3. The second kappa shape index (κ2) is 4.82. The van der Waals surface area contributed by atoms with Gasteiger partial charge < -0.3 is 15.5 Å². The van der Waals surface area contributed by atoms with Crippen LogP contribution < -0.4 is 11.1 Å². The lowest BCUT2D eigenvalue weighted by molar-refractivity contribution is 0.465. The fourth-order valence-corrected chi connectivity index (χ4v) is 1.39. The van der Waals surface area contributed by atoms with Gasteiger partial charge in [-0.25, -0.2) is 15.0 Å². The fraction of sp³-hybridized carbons (Fsp3) is 0.364. The molecule has 0 aliphatic carbocycles. The highest BCUT2D eigenvalue weighted by Gasteiger charge is 2.06. The average Bonchev–Trinajstić information content (AvgIpc) is 2.79. The molecule has 2 aromatic rings. The third-order valence-electron chi connectivity index (χ3n) is 2.48. The van der Waals surface area contributed by atoms with Gasteiger partial charge in [-0.1, -0.05) is 6.92 Å². The van der Waals surface area contributed by atoms with Crippen LogP contribution in [-0.2, 0) is 13.0 Å². The summed E-state index contributed by atoms with van der Waals surface area (Å²) in [5.74, 6) is 2.69. The molecule has 0 atom stereocenters. The predicted octanol–water partition coefficient (Wildman–Crippen LogP) is 1.53. The summed E-state index contributed by atoms with van der Waals surface area (Å²) in [4.78, 5) is 12.2. The van der Waals surface area contributed by atoms with E-state index in [-0.39, 0.29) is 0 Å². The summed E-state index contributed by atoms with van der Waals surface area (Å²) in [6.07, 6.45) is 4.00. The molecule has 0 unspecified atom stereocenters. The molecule has 0 fully saturated rings. The van der Waals surface area contributed by atoms with Crippen LogP contribution in [0.25, 0.3) is 0 Å². The molecular weight excluding hydrogens is 218 g/mol. The van der Waals surface area contributed by atoms with Crippen molar-refractivity contribution in [3.8, 4) is 0 Å². The average molecular weight is 233 g/mol. The quantitative estimate of drug-likeness (QED) is 0.832. The number of hydrogen-bond acceptors (Lipinski definition) is 6. The summed E-state index contributed by atoms with van der Waals surface area (Å²) < 4.78 is 5.48. The Morgan fingerprint density at radius 1 is 1.35 bits per heavy atom. The fourth-order valence-electron chi connectivity index (χ4n) is 1.39. The second-order valence-electron chi connectivity index (χ2n) is 3.66. The van der Waals surface area contributed by atoms with Crippen molar-refractivity contribution < 1.29 is 4.42 Å². The number of nitrogens with two attached hydrogens (primary N) is 1. The SMILES string of the molecule is CCc1cnc(CNc2ncnc(N)c2C)o1. The Hall–Kier alpha value is -2.11. The maximum atomic E-state index is 5.69. The summed E-state index contributed by atoms with van der Waals surface area (Å²) in [7, 11) is 0. The van der Waals surface area contributed by atoms with Gasteiger partial charge in [0.25, 0.3) is 0 Å². The molecule has 0 amide bonds. The zero-order valence-corrected chi connectivity index (χ0v) is 9.90. The Morgan fingerprint density at radius 2 is 2.18 bits per heavy atom. The van der Waals surface area contributed by atoms with E-state index in [2.05, 4.69) is 20.3 Å². The molecule has 6 heteroatoms. The van der Waals surface area contributed by atoms with Crippen LogP contribution in [0, 0.1) is 6.92 Å². The van der Waals surface area contributed by atoms with Crippen molar-refractivity contribution in [1.29, 1.82) is 0 Å². The highest BCUT2D eigenvalue weighted by atomic mass is 16.4. The van der Waals surface area contributed by atoms with Crippen LogP contribution in [0.5, 0.6) is 0 Å². The number of nitrogens with one attached hydrogen (secondary N) is 1. The van der Waals surface area contributed by atoms with E-state index in [4.69, 9.17) is 10.2 Å². The van der Waals surface area contributed by atoms with E-state index in [1.807, 2.05) is 13.8 Å². The number of anilines is 2. The number of aromatic nitrogens is 3. The van der Waals surface area contributed by atoms with Crippen LogP contribution in [0.1, 0.15) is 24.1 Å². The first-order valence-corrected chi connectivity index (χ1v) is 5.45. The Kier molecular flexibility index (Phi) is 3.22. The molecule has 6 nitrogen and oxygen atoms in total. The van der Waals surface area contributed by atoms with Gasteiger partial charge in [0.05, 0.1) is 12.7 Å². The van der Waals surface area contributed by atoms with Crippen molar-refractivity contribution in [3.63, 3.8) is 0 Å². The second-order valence-corrected chi connectivity index (χ2v) is 3.66. The van der Waals surface area contributed by atoms with Gasteiger partial charge in [0.1, 0.15) is 23.7 Å². The first kappa shape index (κ1) is 11.4. The summed E-state index contributed by atoms with van der Waals surface area (Å²) in [6.45, 7) is 4.37. The molecule has 2 rings (SSSR count). The van der Waals surface area contributed by atoms with Gasteiger partial charge in [0.15, 0.2) is 0 Å². The lowest BCUT2D eigenvalue weighted by atomic mass is 10.3. The topological polar surface area (TPSA) is 89.9 Å². The van der Waals surface area contributed by atoms with E-state index >= 15 is 0 Å². The molecule has 0 spiro atoms. The van der Waals surface area contributed by atoms with Crippen molar-refractivity contribution in [2.24, 2.45) is 0 Å². The molecule has 90 valence electrons. The van der Waals surface area contributed by atoms with Gasteiger partial charge in [-0.15, -0.1) is 0 Å². The Bertz CT molecular complexity index is 508. The van der Waals surface area contributed by atoms with Crippen LogP contribution in [0.2, 0.25) is 0 Å². The third kappa shape index (κ3) is 2.52. The lowest BCUT2D eigenvalue weighted by Crippen LogP contribution is -2.06. The molecule has 17 heavy (non-hydrogen) atoms. The smallest absolute Gasteiger partial charge is 0.213 e. The monoisotopic (exact) mass is 233 g/mol. The van der Waals surface area contributed by atoms with Crippen LogP contribution >= 0.6 is 0 Å². The lowest BCUT2D eigenvalue weighted by Gasteiger charge is -2.07. The molecule has 0 aliphatic rings. The van der Waals surface area contributed by atoms with Gasteiger partial charge in [-0.3, -0.25) is 0 Å². The molecule has 0 aliphatic heterocycles. The first-order valence-electron chi connectivity index (χ1n) is 5.45. The zero-order chi connectivity index (χ0) is 12.3. The summed E-state index contributed by atoms with van der Waals surface area (Å²) in [6, 6.07) is 0. The van der Waals surface area contributed by atoms with Crippen molar-refractivity contribution in [2.45, 2.75) is 26.8 Å². The molecular formula is C11H15N5O. The standard InChI is InChI=1S/C11H15N5O/c1-3-8-4-13-9(17-8)5-14-11-7(2)10(12)15-6-16-11/h4,6H,3,5H2,1-2H3,(H3,12,14,15,16). The van der Waals surface area contributed by atoms with Crippen LogP contribution in [0.15, 0.2) is 16.9 Å². The number of aryl methyl sites for hydroxylation is 1. The van der Waals surface area contributed by atoms with Gasteiger partial charge in [-0.05, 0) is 6.92 Å². The van der Waals surface area contributed by atoms with Gasteiger partial charge in [0, 0.05) is 12.0 Å². The van der Waals surface area contributed by atoms with Gasteiger partial charge in [0.2, 0.25) is 5.89 Å². The minimum Gasteiger partial charge on any atom is -0.444 e. The Balaban J connectivity index is 2.04. The highest BCUT2D eigenvalue weighted by Crippen LogP contribution is 2.15. The summed E-state index contributed by atoms with van der Waals surface area (Å²) in [5, 5.41) is 3.12. The van der Waals surface area contributed by atoms with E-state index in [0.717, 1.165) is 17.7 Å². The van der Waals surface area contributed by atoms with E-state index in [9.17, 15) is 0 Å². The van der Waals surface area contributed by atoms with E-state index < -0.39 is 0 Å². The summed E-state index contributed by atoms with van der Waals surface area (Å²) >= 11 is 0. The van der Waals surface area contributed by atoms with Crippen molar-refractivity contribution in [3.05, 3.63) is 29.7 Å². The molecule has 2 heterocycles. The van der Waals surface area contributed by atoms with Gasteiger partial charge in [-0.2, -0.15) is 0 Å². The van der Waals surface area contributed by atoms with Crippen molar-refractivity contribution in [1.82, 2.24) is 15.0 Å². The first-order chi connectivity index (χ1) is 8.20. The van der Waals surface area contributed by atoms with Crippen molar-refractivity contribution in [2.75, 3.05) is 11.1 Å². The normalized spacial score (nSPS) is 10.5. The summed E-state index contributed by atoms with van der Waals surface area (Å²) in [5.41, 5.74) is 6.51. The van der Waals surface area contributed by atoms with Gasteiger partial charge >= 0.3 is 0 Å². The number of oxazole rings is 1. The van der Waals surface area contributed by atoms with Crippen LogP contribution in [0.4, 0.5) is 11.6 Å². The van der Waals surface area contributed by atoms with Crippen LogP contribution in [0.3, 0.4) is 0 Å². The van der Waals surface area contributed by atoms with E-state index in [1.54, 1.807) is 6.20 Å². The van der Waals surface area contributed by atoms with Crippen molar-refractivity contribution >= 4 is 11.6 Å². The molecule has 0 saturated heterocycles. The maximum absolute atomic E-state index is 5.69. The number of nitrogen functional groups attached to an aromatic ring is 1. The minimum atomic E-state index is 0.476. The molecule has 0 aromatic carbocycles. The minimum absolute atomic E-state index is 0.476. The molecule has 3 N–H and O–H groups in total. The predicted molar refractivity (Wildman–Crippen MR) is 64.4 cm³/mol.